The minimum Gasteiger partial charge on any atom is -0.756 e. The monoisotopic (exact) mass is 1130 g/mol. The highest BCUT2D eigenvalue weighted by molar-refractivity contribution is 7.45. The fraction of sp³-hybridized carbons (Fsp3) is 0.826. The third kappa shape index (κ3) is 60.1. The number of rotatable bonds is 61. The first kappa shape index (κ1) is 76.7. The molecule has 0 heterocycles. The van der Waals surface area contributed by atoms with E-state index in [1.54, 1.807) is 0 Å². The molecule has 0 fully saturated rings. The highest BCUT2D eigenvalue weighted by atomic mass is 31.2. The van der Waals surface area contributed by atoms with Gasteiger partial charge in [-0.05, 0) is 96.0 Å². The Hall–Kier alpha value is -2.29. The molecule has 0 saturated heterocycles. The molecule has 0 aliphatic heterocycles. The van der Waals surface area contributed by atoms with Gasteiger partial charge in [-0.15, -0.1) is 0 Å². The summed E-state index contributed by atoms with van der Waals surface area (Å²) in [6.45, 7) is 6.84. The average molecular weight is 1130 g/mol. The molecule has 0 aromatic carbocycles. The van der Waals surface area contributed by atoms with Crippen molar-refractivity contribution >= 4 is 19.7 Å². The van der Waals surface area contributed by atoms with Gasteiger partial charge in [0.2, 0.25) is 5.91 Å². The largest absolute Gasteiger partial charge is 0.756 e. The molecule has 0 radical (unpaired) electrons. The number of amides is 1. The number of hydrogen-bond acceptors (Lipinski definition) is 7. The molecule has 1 amide bonds. The third-order valence-corrected chi connectivity index (χ3v) is 15.9. The minimum atomic E-state index is -4.70. The number of quaternary nitrogens is 1. The normalized spacial score (nSPS) is 14.0. The quantitative estimate of drug-likeness (QED) is 0.0212. The SMILES string of the molecule is CCCCC/C=C\C/C=C\C/C=C\CCCCCCCCCCCCC(=O)NC(COP(=O)([O-])OCC[N+](C)(C)C)C(/C=C\CCCCCCCCCCCCC)OC(=O)CCCCCCCCC/C=C/CCCCCCCC. The Kier molecular flexibility index (Phi) is 57.2. The standard InChI is InChI=1S/C69H129N2O7P/c1-7-10-13-16-19-22-25-28-30-32-33-34-35-36-37-39-40-43-46-49-52-55-58-61-68(72)70-66(65-77-79(74,75)76-64-63-71(4,5)6)67(60-57-54-51-48-45-42-27-24-21-18-15-12-9-3)78-69(73)62-59-56-53-50-47-44-41-38-31-29-26-23-20-17-14-11-8-2/h19,22,28-31,33-34,57,60,66-67H,7-18,20-21,23-27,32,35-56,58-59,61-65H2,1-6H3,(H-,70,72,74,75)/b22-19-,30-28-,31-29+,34-33-,60-57-. The molecule has 0 aliphatic rings. The number of allylic oxidation sites excluding steroid dienone is 9. The molecule has 3 unspecified atom stereocenters. The van der Waals surface area contributed by atoms with Crippen molar-refractivity contribution in [1.29, 1.82) is 0 Å². The lowest BCUT2D eigenvalue weighted by atomic mass is 10.0. The molecule has 0 bridgehead atoms. The van der Waals surface area contributed by atoms with E-state index in [-0.39, 0.29) is 24.9 Å². The third-order valence-electron chi connectivity index (χ3n) is 14.9. The number of phosphoric acid groups is 1. The predicted molar refractivity (Wildman–Crippen MR) is 339 cm³/mol. The smallest absolute Gasteiger partial charge is 0.306 e. The van der Waals surface area contributed by atoms with E-state index >= 15 is 0 Å². The molecule has 0 aromatic heterocycles. The Labute approximate surface area is 490 Å². The Balaban J connectivity index is 5.18. The van der Waals surface area contributed by atoms with Crippen LogP contribution in [0.25, 0.3) is 0 Å². The molecule has 79 heavy (non-hydrogen) atoms. The second-order valence-corrected chi connectivity index (χ2v) is 25.4. The topological polar surface area (TPSA) is 114 Å². The van der Waals surface area contributed by atoms with Crippen LogP contribution in [-0.4, -0.2) is 69.4 Å². The second kappa shape index (κ2) is 58.9. The first-order valence-electron chi connectivity index (χ1n) is 33.6. The van der Waals surface area contributed by atoms with Crippen LogP contribution in [0.15, 0.2) is 60.8 Å². The van der Waals surface area contributed by atoms with E-state index in [1.165, 1.54) is 186 Å². The lowest BCUT2D eigenvalue weighted by Crippen LogP contribution is -2.47. The van der Waals surface area contributed by atoms with E-state index in [1.807, 2.05) is 33.3 Å². The van der Waals surface area contributed by atoms with Crippen molar-refractivity contribution in [3.8, 4) is 0 Å². The number of ether oxygens (including phenoxy) is 1. The molecule has 0 rings (SSSR count). The summed E-state index contributed by atoms with van der Waals surface area (Å²) >= 11 is 0. The molecule has 1 N–H and O–H groups in total. The van der Waals surface area contributed by atoms with Gasteiger partial charge in [-0.1, -0.05) is 268 Å². The van der Waals surface area contributed by atoms with Crippen molar-refractivity contribution < 1.29 is 37.3 Å². The molecule has 10 heteroatoms. The summed E-state index contributed by atoms with van der Waals surface area (Å²) in [6.07, 6.45) is 74.7. The zero-order chi connectivity index (χ0) is 57.9. The van der Waals surface area contributed by atoms with Crippen molar-refractivity contribution in [3.05, 3.63) is 60.8 Å². The Morgan fingerprint density at radius 3 is 1.19 bits per heavy atom. The summed E-state index contributed by atoms with van der Waals surface area (Å²) in [4.78, 5) is 40.1. The molecule has 3 atom stereocenters. The highest BCUT2D eigenvalue weighted by Gasteiger charge is 2.27. The molecule has 0 saturated carbocycles. The average Bonchev–Trinajstić information content (AvgIpc) is 3.41. The van der Waals surface area contributed by atoms with Crippen LogP contribution in [0.3, 0.4) is 0 Å². The van der Waals surface area contributed by atoms with Gasteiger partial charge in [0.15, 0.2) is 0 Å². The summed E-state index contributed by atoms with van der Waals surface area (Å²) in [6, 6.07) is -0.893. The van der Waals surface area contributed by atoms with Gasteiger partial charge in [-0.25, -0.2) is 0 Å². The fourth-order valence-corrected chi connectivity index (χ4v) is 10.4. The first-order chi connectivity index (χ1) is 38.4. The number of phosphoric ester groups is 1. The van der Waals surface area contributed by atoms with Gasteiger partial charge in [0.05, 0.1) is 33.8 Å². The number of esters is 1. The van der Waals surface area contributed by atoms with E-state index in [9.17, 15) is 19.0 Å². The molecule has 0 aliphatic carbocycles. The summed E-state index contributed by atoms with van der Waals surface area (Å²) < 4.78 is 30.4. The highest BCUT2D eigenvalue weighted by Crippen LogP contribution is 2.38. The maximum absolute atomic E-state index is 13.6. The van der Waals surface area contributed by atoms with Gasteiger partial charge in [-0.2, -0.15) is 0 Å². The number of carbonyl (C=O) groups excluding carboxylic acids is 2. The van der Waals surface area contributed by atoms with Crippen molar-refractivity contribution in [3.63, 3.8) is 0 Å². The van der Waals surface area contributed by atoms with Crippen LogP contribution >= 0.6 is 7.82 Å². The maximum atomic E-state index is 13.6. The zero-order valence-electron chi connectivity index (χ0n) is 52.8. The molecular formula is C69H129N2O7P. The zero-order valence-corrected chi connectivity index (χ0v) is 53.7. The van der Waals surface area contributed by atoms with E-state index in [2.05, 4.69) is 74.7 Å². The molecule has 462 valence electrons. The number of likely N-dealkylation sites (N-methyl/N-ethyl adjacent to an activating group) is 1. The van der Waals surface area contributed by atoms with Crippen LogP contribution < -0.4 is 10.2 Å². The number of nitrogens with one attached hydrogen (secondary N) is 1. The fourth-order valence-electron chi connectivity index (χ4n) is 9.70. The lowest BCUT2D eigenvalue weighted by Gasteiger charge is -2.30. The molecular weight excluding hydrogens is 1000 g/mol. The first-order valence-corrected chi connectivity index (χ1v) is 35.1. The van der Waals surface area contributed by atoms with Gasteiger partial charge in [-0.3, -0.25) is 14.2 Å². The van der Waals surface area contributed by atoms with Gasteiger partial charge < -0.3 is 28.5 Å². The second-order valence-electron chi connectivity index (χ2n) is 24.0. The number of nitrogens with zero attached hydrogens (tertiary/aromatic N) is 1. The van der Waals surface area contributed by atoms with Gasteiger partial charge in [0.1, 0.15) is 19.3 Å². The van der Waals surface area contributed by atoms with E-state index in [4.69, 9.17) is 13.8 Å². The van der Waals surface area contributed by atoms with Crippen LogP contribution in [-0.2, 0) is 27.9 Å². The van der Waals surface area contributed by atoms with Gasteiger partial charge in [0.25, 0.3) is 7.82 Å². The summed E-state index contributed by atoms with van der Waals surface area (Å²) in [5.74, 6) is -0.541. The minimum absolute atomic E-state index is 0.0242. The Morgan fingerprint density at radius 2 is 0.772 bits per heavy atom. The van der Waals surface area contributed by atoms with Crippen molar-refractivity contribution in [2.75, 3.05) is 40.9 Å². The summed E-state index contributed by atoms with van der Waals surface area (Å²) in [7, 11) is 1.18. The van der Waals surface area contributed by atoms with Crippen LogP contribution in [0.2, 0.25) is 0 Å². The molecule has 0 aromatic rings. The molecule has 9 nitrogen and oxygen atoms in total. The number of carbonyl (C=O) groups is 2. The van der Waals surface area contributed by atoms with E-state index in [0.29, 0.717) is 17.4 Å². The van der Waals surface area contributed by atoms with Crippen LogP contribution in [0.5, 0.6) is 0 Å². The van der Waals surface area contributed by atoms with Crippen molar-refractivity contribution in [2.24, 2.45) is 0 Å². The van der Waals surface area contributed by atoms with Crippen LogP contribution in [0, 0.1) is 0 Å². The Morgan fingerprint density at radius 1 is 0.443 bits per heavy atom. The lowest BCUT2D eigenvalue weighted by molar-refractivity contribution is -0.870. The van der Waals surface area contributed by atoms with Gasteiger partial charge in [0, 0.05) is 12.8 Å². The number of unbranched alkanes of at least 4 members (excludes halogenated alkanes) is 37. The van der Waals surface area contributed by atoms with E-state index < -0.39 is 26.6 Å². The summed E-state index contributed by atoms with van der Waals surface area (Å²) in [5.41, 5.74) is 0. The van der Waals surface area contributed by atoms with Crippen LogP contribution in [0.4, 0.5) is 0 Å². The molecule has 0 spiro atoms. The van der Waals surface area contributed by atoms with Crippen LogP contribution in [0.1, 0.15) is 316 Å². The van der Waals surface area contributed by atoms with E-state index in [0.717, 1.165) is 96.3 Å². The maximum Gasteiger partial charge on any atom is 0.306 e. The predicted octanol–water partition coefficient (Wildman–Crippen LogP) is 20.4. The summed E-state index contributed by atoms with van der Waals surface area (Å²) in [5, 5.41) is 3.04. The van der Waals surface area contributed by atoms with Gasteiger partial charge >= 0.3 is 5.97 Å². The Bertz CT molecular complexity index is 1540. The van der Waals surface area contributed by atoms with Crippen molar-refractivity contribution in [2.45, 2.75) is 328 Å². The number of hydrogen-bond donors (Lipinski definition) is 1. The van der Waals surface area contributed by atoms with Crippen molar-refractivity contribution in [1.82, 2.24) is 5.32 Å².